The van der Waals surface area contributed by atoms with E-state index >= 15 is 0 Å². The summed E-state index contributed by atoms with van der Waals surface area (Å²) in [4.78, 5) is 4.42. The second kappa shape index (κ2) is 4.84. The summed E-state index contributed by atoms with van der Waals surface area (Å²) in [5.41, 5.74) is 0.225. The van der Waals surface area contributed by atoms with E-state index in [2.05, 4.69) is 37.1 Å². The number of rotatable bonds is 3. The predicted molar refractivity (Wildman–Crippen MR) is 76.2 cm³/mol. The van der Waals surface area contributed by atoms with E-state index in [0.717, 1.165) is 28.9 Å². The van der Waals surface area contributed by atoms with Crippen molar-refractivity contribution in [2.45, 2.75) is 20.8 Å². The molecule has 1 aromatic heterocycles. The van der Waals surface area contributed by atoms with Gasteiger partial charge in [0.25, 0.3) is 0 Å². The maximum absolute atomic E-state index is 5.37. The summed E-state index contributed by atoms with van der Waals surface area (Å²) in [6.45, 7) is 7.49. The average Bonchev–Trinajstić information content (AvgIpc) is 2.34. The molecule has 0 aliphatic carbocycles. The summed E-state index contributed by atoms with van der Waals surface area (Å²) in [7, 11) is 1.69. The van der Waals surface area contributed by atoms with Gasteiger partial charge in [-0.3, -0.25) is 0 Å². The maximum atomic E-state index is 5.37. The van der Waals surface area contributed by atoms with E-state index < -0.39 is 0 Å². The van der Waals surface area contributed by atoms with Crippen molar-refractivity contribution in [3.05, 3.63) is 30.5 Å². The first kappa shape index (κ1) is 12.7. The second-order valence-corrected chi connectivity index (χ2v) is 5.63. The van der Waals surface area contributed by atoms with Crippen LogP contribution >= 0.6 is 0 Å². The van der Waals surface area contributed by atoms with Crippen molar-refractivity contribution in [1.29, 1.82) is 0 Å². The van der Waals surface area contributed by atoms with Gasteiger partial charge in [0.05, 0.1) is 7.11 Å². The van der Waals surface area contributed by atoms with Crippen LogP contribution < -0.4 is 10.1 Å². The topological polar surface area (TPSA) is 34.1 Å². The number of hydrogen-bond donors (Lipinski definition) is 1. The number of hydrogen-bond acceptors (Lipinski definition) is 3. The molecular weight excluding hydrogens is 224 g/mol. The van der Waals surface area contributed by atoms with Crippen LogP contribution in [-0.2, 0) is 0 Å². The molecule has 0 amide bonds. The molecule has 0 aliphatic heterocycles. The lowest BCUT2D eigenvalue weighted by molar-refractivity contribution is 0.420. The van der Waals surface area contributed by atoms with Gasteiger partial charge >= 0.3 is 0 Å². The molecule has 0 saturated heterocycles. The molecular formula is C15H20N2O. The number of pyridine rings is 1. The number of ether oxygens (including phenoxy) is 1. The van der Waals surface area contributed by atoms with Crippen molar-refractivity contribution in [3.8, 4) is 5.75 Å². The Bertz CT molecular complexity index is 544. The summed E-state index contributed by atoms with van der Waals surface area (Å²) in [5, 5.41) is 5.60. The number of benzene rings is 1. The molecule has 0 fully saturated rings. The molecule has 0 bridgehead atoms. The van der Waals surface area contributed by atoms with Crippen LogP contribution in [0.25, 0.3) is 10.8 Å². The molecule has 2 aromatic rings. The van der Waals surface area contributed by atoms with Crippen molar-refractivity contribution < 1.29 is 4.74 Å². The molecule has 1 aromatic carbocycles. The first-order chi connectivity index (χ1) is 8.51. The molecule has 2 rings (SSSR count). The molecule has 1 N–H and O–H groups in total. The van der Waals surface area contributed by atoms with Crippen LogP contribution in [0, 0.1) is 5.41 Å². The Hall–Kier alpha value is -1.77. The lowest BCUT2D eigenvalue weighted by atomic mass is 9.97. The van der Waals surface area contributed by atoms with Crippen LogP contribution in [0.2, 0.25) is 0 Å². The molecule has 0 radical (unpaired) electrons. The molecule has 0 atom stereocenters. The highest BCUT2D eigenvalue weighted by atomic mass is 16.5. The smallest absolute Gasteiger partial charge is 0.133 e. The van der Waals surface area contributed by atoms with E-state index in [4.69, 9.17) is 4.74 Å². The van der Waals surface area contributed by atoms with E-state index in [9.17, 15) is 0 Å². The minimum absolute atomic E-state index is 0.225. The molecule has 0 unspecified atom stereocenters. The minimum Gasteiger partial charge on any atom is -0.496 e. The van der Waals surface area contributed by atoms with Gasteiger partial charge in [0.15, 0.2) is 0 Å². The SMILES string of the molecule is COc1cccc2c(NCC(C)(C)C)nccc12. The Kier molecular flexibility index (Phi) is 3.41. The zero-order valence-electron chi connectivity index (χ0n) is 11.4. The summed E-state index contributed by atoms with van der Waals surface area (Å²) in [6, 6.07) is 8.01. The third kappa shape index (κ3) is 2.73. The van der Waals surface area contributed by atoms with Gasteiger partial charge in [-0.05, 0) is 17.5 Å². The zero-order chi connectivity index (χ0) is 13.2. The van der Waals surface area contributed by atoms with E-state index in [1.165, 1.54) is 0 Å². The number of anilines is 1. The Balaban J connectivity index is 2.40. The summed E-state index contributed by atoms with van der Waals surface area (Å²) in [5.74, 6) is 1.80. The maximum Gasteiger partial charge on any atom is 0.133 e. The van der Waals surface area contributed by atoms with Gasteiger partial charge in [0.2, 0.25) is 0 Å². The fourth-order valence-corrected chi connectivity index (χ4v) is 1.85. The molecule has 0 aliphatic rings. The van der Waals surface area contributed by atoms with Crippen molar-refractivity contribution in [1.82, 2.24) is 4.98 Å². The molecule has 3 nitrogen and oxygen atoms in total. The molecule has 0 saturated carbocycles. The first-order valence-electron chi connectivity index (χ1n) is 6.17. The van der Waals surface area contributed by atoms with Crippen LogP contribution in [0.15, 0.2) is 30.5 Å². The van der Waals surface area contributed by atoms with Gasteiger partial charge in [0, 0.05) is 23.5 Å². The third-order valence-electron chi connectivity index (χ3n) is 2.77. The van der Waals surface area contributed by atoms with E-state index in [1.807, 2.05) is 24.4 Å². The van der Waals surface area contributed by atoms with Crippen molar-refractivity contribution in [2.75, 3.05) is 19.0 Å². The zero-order valence-corrected chi connectivity index (χ0v) is 11.4. The lowest BCUT2D eigenvalue weighted by Crippen LogP contribution is -2.19. The third-order valence-corrected chi connectivity index (χ3v) is 2.77. The van der Waals surface area contributed by atoms with Crippen molar-refractivity contribution in [2.24, 2.45) is 5.41 Å². The van der Waals surface area contributed by atoms with Gasteiger partial charge in [0.1, 0.15) is 11.6 Å². The van der Waals surface area contributed by atoms with Crippen molar-refractivity contribution >= 4 is 16.6 Å². The van der Waals surface area contributed by atoms with Crippen LogP contribution in [0.4, 0.5) is 5.82 Å². The van der Waals surface area contributed by atoms with Gasteiger partial charge in [-0.15, -0.1) is 0 Å². The Morgan fingerprint density at radius 1 is 1.17 bits per heavy atom. The molecule has 18 heavy (non-hydrogen) atoms. The van der Waals surface area contributed by atoms with E-state index in [0.29, 0.717) is 0 Å². The standard InChI is InChI=1S/C15H20N2O/c1-15(2,3)10-17-14-12-6-5-7-13(18-4)11(12)8-9-16-14/h5-9H,10H2,1-4H3,(H,16,17). The minimum atomic E-state index is 0.225. The van der Waals surface area contributed by atoms with Gasteiger partial charge in [-0.1, -0.05) is 32.9 Å². The highest BCUT2D eigenvalue weighted by Crippen LogP contribution is 2.29. The number of nitrogens with one attached hydrogen (secondary N) is 1. The fourth-order valence-electron chi connectivity index (χ4n) is 1.85. The highest BCUT2D eigenvalue weighted by molar-refractivity contribution is 5.95. The van der Waals surface area contributed by atoms with Crippen molar-refractivity contribution in [3.63, 3.8) is 0 Å². The van der Waals surface area contributed by atoms with Crippen LogP contribution in [0.3, 0.4) is 0 Å². The van der Waals surface area contributed by atoms with E-state index in [1.54, 1.807) is 7.11 Å². The molecule has 1 heterocycles. The van der Waals surface area contributed by atoms with Crippen LogP contribution in [0.5, 0.6) is 5.75 Å². The molecule has 3 heteroatoms. The lowest BCUT2D eigenvalue weighted by Gasteiger charge is -2.20. The van der Waals surface area contributed by atoms with Gasteiger partial charge in [-0.2, -0.15) is 0 Å². The Labute approximate surface area is 108 Å². The summed E-state index contributed by atoms with van der Waals surface area (Å²) >= 11 is 0. The molecule has 0 spiro atoms. The summed E-state index contributed by atoms with van der Waals surface area (Å²) in [6.07, 6.45) is 1.82. The monoisotopic (exact) mass is 244 g/mol. The molecule has 96 valence electrons. The number of fused-ring (bicyclic) bond motifs is 1. The largest absolute Gasteiger partial charge is 0.496 e. The van der Waals surface area contributed by atoms with E-state index in [-0.39, 0.29) is 5.41 Å². The first-order valence-corrected chi connectivity index (χ1v) is 6.17. The number of methoxy groups -OCH3 is 1. The fraction of sp³-hybridized carbons (Fsp3) is 0.400. The predicted octanol–water partition coefficient (Wildman–Crippen LogP) is 3.70. The highest BCUT2D eigenvalue weighted by Gasteiger charge is 2.12. The number of nitrogens with zero attached hydrogens (tertiary/aromatic N) is 1. The average molecular weight is 244 g/mol. The van der Waals surface area contributed by atoms with Crippen LogP contribution in [-0.4, -0.2) is 18.6 Å². The quantitative estimate of drug-likeness (QED) is 0.894. The summed E-state index contributed by atoms with van der Waals surface area (Å²) < 4.78 is 5.37. The second-order valence-electron chi connectivity index (χ2n) is 5.63. The number of aromatic nitrogens is 1. The Morgan fingerprint density at radius 3 is 2.61 bits per heavy atom. The van der Waals surface area contributed by atoms with Crippen LogP contribution in [0.1, 0.15) is 20.8 Å². The Morgan fingerprint density at radius 2 is 1.94 bits per heavy atom. The normalized spacial score (nSPS) is 11.6. The van der Waals surface area contributed by atoms with Gasteiger partial charge in [-0.25, -0.2) is 4.98 Å². The van der Waals surface area contributed by atoms with Gasteiger partial charge < -0.3 is 10.1 Å².